The minimum absolute atomic E-state index is 0.0743. The number of nitrogens with one attached hydrogen (secondary N) is 1. The molecule has 1 saturated heterocycles. The second-order valence-corrected chi connectivity index (χ2v) is 6.97. The summed E-state index contributed by atoms with van der Waals surface area (Å²) in [5, 5.41) is 4.77. The van der Waals surface area contributed by atoms with E-state index in [2.05, 4.69) is 10.3 Å². The predicted molar refractivity (Wildman–Crippen MR) is 94.5 cm³/mol. The van der Waals surface area contributed by atoms with Gasteiger partial charge in [-0.25, -0.2) is 0 Å². The Morgan fingerprint density at radius 2 is 1.87 bits per heavy atom. The molecule has 3 nitrogen and oxygen atoms in total. The first-order valence-electron chi connectivity index (χ1n) is 7.79. The highest BCUT2D eigenvalue weighted by Gasteiger charge is 2.29. The van der Waals surface area contributed by atoms with Crippen molar-refractivity contribution in [1.29, 1.82) is 0 Å². The van der Waals surface area contributed by atoms with Crippen molar-refractivity contribution in [3.63, 3.8) is 0 Å². The zero-order valence-corrected chi connectivity index (χ0v) is 14.8. The SMILES string of the molecule is Cc1cc(Cl)cc(C)c1O[C@H](c1cncc(Cl)c1)C1CCNC1. The molecule has 23 heavy (non-hydrogen) atoms. The Hall–Kier alpha value is -1.29. The zero-order chi connectivity index (χ0) is 16.4. The van der Waals surface area contributed by atoms with E-state index in [1.807, 2.05) is 38.2 Å². The third kappa shape index (κ3) is 3.79. The summed E-state index contributed by atoms with van der Waals surface area (Å²) in [7, 11) is 0. The van der Waals surface area contributed by atoms with Crippen LogP contribution in [0.5, 0.6) is 5.75 Å². The van der Waals surface area contributed by atoms with Gasteiger partial charge < -0.3 is 10.1 Å². The number of ether oxygens (including phenoxy) is 1. The molecule has 1 aliphatic heterocycles. The van der Waals surface area contributed by atoms with Gasteiger partial charge in [-0.1, -0.05) is 23.2 Å². The quantitative estimate of drug-likeness (QED) is 0.864. The summed E-state index contributed by atoms with van der Waals surface area (Å²) in [6.07, 6.45) is 4.49. The summed E-state index contributed by atoms with van der Waals surface area (Å²) < 4.78 is 6.46. The number of rotatable bonds is 4. The first kappa shape index (κ1) is 16.6. The molecule has 1 aromatic carbocycles. The van der Waals surface area contributed by atoms with Crippen molar-refractivity contribution in [2.75, 3.05) is 13.1 Å². The second-order valence-electron chi connectivity index (χ2n) is 6.10. The smallest absolute Gasteiger partial charge is 0.129 e. The standard InChI is InChI=1S/C18H20Cl2N2O/c1-11-5-15(19)6-12(2)17(11)23-18(13-3-4-21-8-13)14-7-16(20)10-22-9-14/h5-7,9-10,13,18,21H,3-4,8H2,1-2H3/t13?,18-/m0/s1. The molecule has 0 bridgehead atoms. The highest BCUT2D eigenvalue weighted by Crippen LogP contribution is 2.36. The normalized spacial score (nSPS) is 18.9. The van der Waals surface area contributed by atoms with Gasteiger partial charge in [-0.3, -0.25) is 4.98 Å². The fraction of sp³-hybridized carbons (Fsp3) is 0.389. The topological polar surface area (TPSA) is 34.1 Å². The van der Waals surface area contributed by atoms with E-state index in [-0.39, 0.29) is 6.10 Å². The molecule has 5 heteroatoms. The average Bonchev–Trinajstić information content (AvgIpc) is 3.00. The molecule has 1 N–H and O–H groups in total. The Morgan fingerprint density at radius 3 is 2.48 bits per heavy atom. The Bertz CT molecular complexity index is 676. The van der Waals surface area contributed by atoms with Crippen molar-refractivity contribution >= 4 is 23.2 Å². The van der Waals surface area contributed by atoms with Gasteiger partial charge in [0.25, 0.3) is 0 Å². The molecule has 2 heterocycles. The third-order valence-electron chi connectivity index (χ3n) is 4.25. The Labute approximate surface area is 147 Å². The molecule has 2 atom stereocenters. The molecule has 1 aromatic heterocycles. The molecule has 1 unspecified atom stereocenters. The molecule has 3 rings (SSSR count). The predicted octanol–water partition coefficient (Wildman–Crippen LogP) is 4.73. The molecule has 1 aliphatic rings. The van der Waals surface area contributed by atoms with Crippen LogP contribution in [-0.2, 0) is 0 Å². The molecule has 0 radical (unpaired) electrons. The van der Waals surface area contributed by atoms with E-state index < -0.39 is 0 Å². The Kier molecular flexibility index (Phi) is 5.10. The zero-order valence-electron chi connectivity index (χ0n) is 13.3. The van der Waals surface area contributed by atoms with Crippen LogP contribution < -0.4 is 10.1 Å². The number of aromatic nitrogens is 1. The molecule has 0 spiro atoms. The molecular formula is C18H20Cl2N2O. The average molecular weight is 351 g/mol. The lowest BCUT2D eigenvalue weighted by Crippen LogP contribution is -2.22. The van der Waals surface area contributed by atoms with Gasteiger partial charge in [0.05, 0.1) is 5.02 Å². The van der Waals surface area contributed by atoms with Crippen LogP contribution in [0.1, 0.15) is 29.2 Å². The number of halogens is 2. The van der Waals surface area contributed by atoms with Crippen LogP contribution in [0.15, 0.2) is 30.6 Å². The Morgan fingerprint density at radius 1 is 1.13 bits per heavy atom. The molecule has 1 fully saturated rings. The number of nitrogens with zero attached hydrogens (tertiary/aromatic N) is 1. The van der Waals surface area contributed by atoms with Crippen LogP contribution in [0, 0.1) is 19.8 Å². The first-order chi connectivity index (χ1) is 11.0. The van der Waals surface area contributed by atoms with Crippen molar-refractivity contribution in [1.82, 2.24) is 10.3 Å². The van der Waals surface area contributed by atoms with E-state index in [0.717, 1.165) is 47.0 Å². The van der Waals surface area contributed by atoms with E-state index in [0.29, 0.717) is 10.9 Å². The summed E-state index contributed by atoms with van der Waals surface area (Å²) in [5.41, 5.74) is 3.10. The minimum Gasteiger partial charge on any atom is -0.485 e. The van der Waals surface area contributed by atoms with Crippen molar-refractivity contribution in [2.45, 2.75) is 26.4 Å². The molecule has 0 saturated carbocycles. The van der Waals surface area contributed by atoms with E-state index in [4.69, 9.17) is 27.9 Å². The van der Waals surface area contributed by atoms with Gasteiger partial charge in [-0.05, 0) is 56.1 Å². The highest BCUT2D eigenvalue weighted by atomic mass is 35.5. The minimum atomic E-state index is -0.0743. The molecule has 0 aliphatic carbocycles. The fourth-order valence-corrected chi connectivity index (χ4v) is 3.68. The summed E-state index contributed by atoms with van der Waals surface area (Å²) in [5.74, 6) is 1.29. The van der Waals surface area contributed by atoms with Gasteiger partial charge in [-0.15, -0.1) is 0 Å². The van der Waals surface area contributed by atoms with Gasteiger partial charge in [-0.2, -0.15) is 0 Å². The van der Waals surface area contributed by atoms with Gasteiger partial charge in [0.1, 0.15) is 11.9 Å². The molecule has 2 aromatic rings. The van der Waals surface area contributed by atoms with Crippen molar-refractivity contribution in [2.24, 2.45) is 5.92 Å². The number of pyridine rings is 1. The van der Waals surface area contributed by atoms with Gasteiger partial charge in [0, 0.05) is 35.4 Å². The first-order valence-corrected chi connectivity index (χ1v) is 8.55. The highest BCUT2D eigenvalue weighted by molar-refractivity contribution is 6.31. The van der Waals surface area contributed by atoms with Crippen LogP contribution in [-0.4, -0.2) is 18.1 Å². The van der Waals surface area contributed by atoms with Crippen LogP contribution in [0.25, 0.3) is 0 Å². The number of benzene rings is 1. The lowest BCUT2D eigenvalue weighted by atomic mass is 9.95. The van der Waals surface area contributed by atoms with E-state index in [9.17, 15) is 0 Å². The summed E-state index contributed by atoms with van der Waals surface area (Å²) >= 11 is 12.3. The molecular weight excluding hydrogens is 331 g/mol. The van der Waals surface area contributed by atoms with Crippen molar-refractivity contribution in [3.8, 4) is 5.75 Å². The van der Waals surface area contributed by atoms with Crippen molar-refractivity contribution < 1.29 is 4.74 Å². The number of hydrogen-bond donors (Lipinski definition) is 1. The lowest BCUT2D eigenvalue weighted by molar-refractivity contribution is 0.142. The van der Waals surface area contributed by atoms with E-state index in [1.54, 1.807) is 6.20 Å². The largest absolute Gasteiger partial charge is 0.485 e. The second kappa shape index (κ2) is 7.08. The molecule has 122 valence electrons. The maximum absolute atomic E-state index is 6.46. The third-order valence-corrected chi connectivity index (χ3v) is 4.68. The van der Waals surface area contributed by atoms with Gasteiger partial charge in [0.2, 0.25) is 0 Å². The van der Waals surface area contributed by atoms with Crippen molar-refractivity contribution in [3.05, 3.63) is 57.3 Å². The number of aryl methyl sites for hydroxylation is 2. The maximum atomic E-state index is 6.46. The summed E-state index contributed by atoms with van der Waals surface area (Å²) in [6.45, 7) is 5.99. The summed E-state index contributed by atoms with van der Waals surface area (Å²) in [4.78, 5) is 4.22. The number of hydrogen-bond acceptors (Lipinski definition) is 3. The Balaban J connectivity index is 1.96. The van der Waals surface area contributed by atoms with Crippen LogP contribution >= 0.6 is 23.2 Å². The van der Waals surface area contributed by atoms with Crippen LogP contribution in [0.2, 0.25) is 10.0 Å². The summed E-state index contributed by atoms with van der Waals surface area (Å²) in [6, 6.07) is 5.81. The monoisotopic (exact) mass is 350 g/mol. The fourth-order valence-electron chi connectivity index (χ4n) is 3.17. The van der Waals surface area contributed by atoms with Crippen LogP contribution in [0.4, 0.5) is 0 Å². The maximum Gasteiger partial charge on any atom is 0.129 e. The van der Waals surface area contributed by atoms with E-state index >= 15 is 0 Å². The lowest BCUT2D eigenvalue weighted by Gasteiger charge is -2.26. The van der Waals surface area contributed by atoms with Gasteiger partial charge in [0.15, 0.2) is 0 Å². The van der Waals surface area contributed by atoms with Gasteiger partial charge >= 0.3 is 0 Å². The van der Waals surface area contributed by atoms with E-state index in [1.165, 1.54) is 0 Å². The van der Waals surface area contributed by atoms with Crippen LogP contribution in [0.3, 0.4) is 0 Å². The molecule has 0 amide bonds.